The number of nitrogens with zero attached hydrogens (tertiary/aromatic N) is 1. The zero-order valence-corrected chi connectivity index (χ0v) is 12.5. The minimum atomic E-state index is 0.537. The van der Waals surface area contributed by atoms with E-state index in [-0.39, 0.29) is 0 Å². The number of hydrogen-bond donors (Lipinski definition) is 1. The third-order valence-corrected chi connectivity index (χ3v) is 4.15. The summed E-state index contributed by atoms with van der Waals surface area (Å²) in [6.07, 6.45) is 0. The quantitative estimate of drug-likeness (QED) is 0.682. The Labute approximate surface area is 127 Å². The van der Waals surface area contributed by atoms with Gasteiger partial charge in [-0.1, -0.05) is 17.7 Å². The fourth-order valence-corrected chi connectivity index (χ4v) is 2.82. The Morgan fingerprint density at radius 1 is 1.30 bits per heavy atom. The first kappa shape index (κ1) is 14.6. The predicted octanol–water partition coefficient (Wildman–Crippen LogP) is 4.09. The van der Waals surface area contributed by atoms with Crippen LogP contribution >= 0.6 is 23.4 Å². The molecule has 20 heavy (non-hydrogen) atoms. The van der Waals surface area contributed by atoms with Gasteiger partial charge in [-0.3, -0.25) is 0 Å². The second-order valence-corrected chi connectivity index (χ2v) is 5.57. The molecule has 0 aliphatic carbocycles. The van der Waals surface area contributed by atoms with Crippen molar-refractivity contribution in [1.82, 2.24) is 0 Å². The monoisotopic (exact) mass is 304 g/mol. The SMILES string of the molecule is COc1ccc(CSc2ccc(Cl)cc2N)cc1C#N. The van der Waals surface area contributed by atoms with Crippen molar-refractivity contribution in [2.75, 3.05) is 12.8 Å². The highest BCUT2D eigenvalue weighted by atomic mass is 35.5. The van der Waals surface area contributed by atoms with Crippen molar-refractivity contribution in [2.24, 2.45) is 0 Å². The average molecular weight is 305 g/mol. The second-order valence-electron chi connectivity index (χ2n) is 4.12. The van der Waals surface area contributed by atoms with E-state index < -0.39 is 0 Å². The van der Waals surface area contributed by atoms with Gasteiger partial charge < -0.3 is 10.5 Å². The van der Waals surface area contributed by atoms with Gasteiger partial charge in [-0.2, -0.15) is 5.26 Å². The number of nitrogens with two attached hydrogens (primary N) is 1. The molecule has 0 unspecified atom stereocenters. The van der Waals surface area contributed by atoms with Crippen molar-refractivity contribution >= 4 is 29.1 Å². The zero-order valence-electron chi connectivity index (χ0n) is 10.9. The summed E-state index contributed by atoms with van der Waals surface area (Å²) in [6.45, 7) is 0. The summed E-state index contributed by atoms with van der Waals surface area (Å²) in [5.41, 5.74) is 8.15. The van der Waals surface area contributed by atoms with Crippen molar-refractivity contribution in [3.05, 3.63) is 52.5 Å². The average Bonchev–Trinajstić information content (AvgIpc) is 2.46. The maximum absolute atomic E-state index is 9.06. The third kappa shape index (κ3) is 3.38. The number of halogens is 1. The summed E-state index contributed by atoms with van der Waals surface area (Å²) in [4.78, 5) is 0.976. The molecule has 0 saturated carbocycles. The maximum atomic E-state index is 9.06. The first-order valence-electron chi connectivity index (χ1n) is 5.89. The molecule has 0 bridgehead atoms. The van der Waals surface area contributed by atoms with Crippen molar-refractivity contribution in [2.45, 2.75) is 10.6 Å². The van der Waals surface area contributed by atoms with E-state index in [0.717, 1.165) is 16.2 Å². The molecule has 0 aliphatic rings. The van der Waals surface area contributed by atoms with Crippen LogP contribution in [-0.4, -0.2) is 7.11 Å². The Bertz CT molecular complexity index is 667. The van der Waals surface area contributed by atoms with E-state index in [4.69, 9.17) is 27.3 Å². The molecule has 0 saturated heterocycles. The Morgan fingerprint density at radius 3 is 2.75 bits per heavy atom. The van der Waals surface area contributed by atoms with Crippen molar-refractivity contribution in [1.29, 1.82) is 5.26 Å². The summed E-state index contributed by atoms with van der Waals surface area (Å²) in [6, 6.07) is 13.2. The number of nitrogen functional groups attached to an aromatic ring is 1. The third-order valence-electron chi connectivity index (χ3n) is 2.75. The number of hydrogen-bond acceptors (Lipinski definition) is 4. The molecule has 0 aromatic heterocycles. The normalized spacial score (nSPS) is 10.1. The molecule has 2 N–H and O–H groups in total. The zero-order chi connectivity index (χ0) is 14.5. The number of thioether (sulfide) groups is 1. The van der Waals surface area contributed by atoms with Crippen molar-refractivity contribution in [3.63, 3.8) is 0 Å². The van der Waals surface area contributed by atoms with E-state index >= 15 is 0 Å². The van der Waals surface area contributed by atoms with Crippen molar-refractivity contribution in [3.8, 4) is 11.8 Å². The molecule has 2 rings (SSSR count). The van der Waals surface area contributed by atoms with Gasteiger partial charge in [-0.15, -0.1) is 11.8 Å². The molecule has 2 aromatic rings. The maximum Gasteiger partial charge on any atom is 0.136 e. The Kier molecular flexibility index (Phi) is 4.78. The first-order valence-corrected chi connectivity index (χ1v) is 7.25. The van der Waals surface area contributed by atoms with Crippen LogP contribution in [0.25, 0.3) is 0 Å². The van der Waals surface area contributed by atoms with Gasteiger partial charge in [0.2, 0.25) is 0 Å². The lowest BCUT2D eigenvalue weighted by Crippen LogP contribution is -1.91. The molecule has 0 radical (unpaired) electrons. The Morgan fingerprint density at radius 2 is 2.10 bits per heavy atom. The summed E-state index contributed by atoms with van der Waals surface area (Å²) in [5.74, 6) is 1.32. The lowest BCUT2D eigenvalue weighted by atomic mass is 10.1. The van der Waals surface area contributed by atoms with E-state index in [2.05, 4.69) is 6.07 Å². The molecule has 0 amide bonds. The summed E-state index contributed by atoms with van der Waals surface area (Å²) in [7, 11) is 1.55. The van der Waals surface area contributed by atoms with Crippen LogP contribution in [0.5, 0.6) is 5.75 Å². The van der Waals surface area contributed by atoms with Gasteiger partial charge >= 0.3 is 0 Å². The molecule has 0 heterocycles. The van der Waals surface area contributed by atoms with E-state index in [1.807, 2.05) is 24.3 Å². The number of ether oxygens (including phenoxy) is 1. The highest BCUT2D eigenvalue weighted by molar-refractivity contribution is 7.98. The summed E-state index contributed by atoms with van der Waals surface area (Å²) in [5, 5.41) is 9.69. The number of methoxy groups -OCH3 is 1. The van der Waals surface area contributed by atoms with Crippen LogP contribution in [0.15, 0.2) is 41.3 Å². The number of rotatable bonds is 4. The van der Waals surface area contributed by atoms with Crippen LogP contribution < -0.4 is 10.5 Å². The van der Waals surface area contributed by atoms with E-state index in [1.54, 1.807) is 31.0 Å². The van der Waals surface area contributed by atoms with Crippen LogP contribution in [0.4, 0.5) is 5.69 Å². The molecule has 3 nitrogen and oxygen atoms in total. The van der Waals surface area contributed by atoms with Gasteiger partial charge in [0, 0.05) is 21.4 Å². The van der Waals surface area contributed by atoms with Crippen LogP contribution in [0.1, 0.15) is 11.1 Å². The fourth-order valence-electron chi connectivity index (χ4n) is 1.74. The van der Waals surface area contributed by atoms with Gasteiger partial charge in [0.1, 0.15) is 11.8 Å². The minimum Gasteiger partial charge on any atom is -0.495 e. The van der Waals surface area contributed by atoms with E-state index in [0.29, 0.717) is 22.0 Å². The molecular weight excluding hydrogens is 292 g/mol. The fraction of sp³-hybridized carbons (Fsp3) is 0.133. The highest BCUT2D eigenvalue weighted by Crippen LogP contribution is 2.31. The van der Waals surface area contributed by atoms with Gasteiger partial charge in [0.05, 0.1) is 12.7 Å². The van der Waals surface area contributed by atoms with Gasteiger partial charge in [-0.05, 0) is 35.9 Å². The lowest BCUT2D eigenvalue weighted by Gasteiger charge is -2.08. The van der Waals surface area contributed by atoms with Crippen molar-refractivity contribution < 1.29 is 4.74 Å². The molecule has 102 valence electrons. The largest absolute Gasteiger partial charge is 0.495 e. The summed E-state index contributed by atoms with van der Waals surface area (Å²) >= 11 is 7.48. The lowest BCUT2D eigenvalue weighted by molar-refractivity contribution is 0.413. The molecule has 0 spiro atoms. The topological polar surface area (TPSA) is 59.0 Å². The minimum absolute atomic E-state index is 0.537. The number of nitriles is 1. The van der Waals surface area contributed by atoms with E-state index in [9.17, 15) is 0 Å². The summed E-state index contributed by atoms with van der Waals surface area (Å²) < 4.78 is 5.12. The van der Waals surface area contributed by atoms with Gasteiger partial charge in [0.15, 0.2) is 0 Å². The number of anilines is 1. The smallest absolute Gasteiger partial charge is 0.136 e. The van der Waals surface area contributed by atoms with Crippen LogP contribution in [-0.2, 0) is 5.75 Å². The number of benzene rings is 2. The molecule has 2 aromatic carbocycles. The molecule has 5 heteroatoms. The molecule has 0 fully saturated rings. The first-order chi connectivity index (χ1) is 9.63. The molecule has 0 aliphatic heterocycles. The van der Waals surface area contributed by atoms with Crippen LogP contribution in [0, 0.1) is 11.3 Å². The molecular formula is C15H13ClN2OS. The van der Waals surface area contributed by atoms with Crippen LogP contribution in [0.2, 0.25) is 5.02 Å². The molecule has 0 atom stereocenters. The standard InChI is InChI=1S/C15H13ClN2OS/c1-19-14-4-2-10(6-11(14)8-17)9-20-15-5-3-12(16)7-13(15)18/h2-7H,9,18H2,1H3. The Balaban J connectivity index is 2.13. The Hall–Kier alpha value is -1.83. The predicted molar refractivity (Wildman–Crippen MR) is 83.1 cm³/mol. The van der Waals surface area contributed by atoms with Gasteiger partial charge in [0.25, 0.3) is 0 Å². The van der Waals surface area contributed by atoms with Gasteiger partial charge in [-0.25, -0.2) is 0 Å². The van der Waals surface area contributed by atoms with Crippen LogP contribution in [0.3, 0.4) is 0 Å². The second kappa shape index (κ2) is 6.56. The highest BCUT2D eigenvalue weighted by Gasteiger charge is 2.06. The van der Waals surface area contributed by atoms with E-state index in [1.165, 1.54) is 0 Å².